The van der Waals surface area contributed by atoms with Crippen molar-refractivity contribution in [2.75, 3.05) is 4.72 Å². The maximum atomic E-state index is 12.3. The van der Waals surface area contributed by atoms with Gasteiger partial charge in [-0.1, -0.05) is 39.3 Å². The molecular formula is C13H11BrN2O4S. The molecule has 0 aliphatic heterocycles. The number of para-hydroxylation sites is 1. The number of sulfonamides is 1. The monoisotopic (exact) mass is 370 g/mol. The number of benzene rings is 1. The van der Waals surface area contributed by atoms with Crippen LogP contribution in [-0.2, 0) is 10.0 Å². The fourth-order valence-electron chi connectivity index (χ4n) is 2.03. The van der Waals surface area contributed by atoms with Crippen LogP contribution < -0.4 is 4.72 Å². The van der Waals surface area contributed by atoms with Crippen molar-refractivity contribution in [3.05, 3.63) is 47.1 Å². The third-order valence-corrected chi connectivity index (χ3v) is 5.07. The summed E-state index contributed by atoms with van der Waals surface area (Å²) in [5.74, 6) is -0.191. The van der Waals surface area contributed by atoms with E-state index >= 15 is 0 Å². The highest BCUT2D eigenvalue weighted by atomic mass is 79.9. The van der Waals surface area contributed by atoms with Crippen LogP contribution in [0.15, 0.2) is 51.6 Å². The fourth-order valence-corrected chi connectivity index (χ4v) is 3.64. The van der Waals surface area contributed by atoms with Crippen LogP contribution in [-0.4, -0.2) is 23.5 Å². The molecule has 8 heteroatoms. The number of aliphatic hydroxyl groups excluding tert-OH is 1. The van der Waals surface area contributed by atoms with Crippen molar-refractivity contribution in [3.8, 4) is 0 Å². The van der Waals surface area contributed by atoms with Crippen molar-refractivity contribution < 1.29 is 18.0 Å². The summed E-state index contributed by atoms with van der Waals surface area (Å²) in [6.07, 6.45) is 3.37. The number of alkyl halides is 1. The molecule has 2 N–H and O–H groups in total. The minimum atomic E-state index is -3.92. The Balaban J connectivity index is 1.96. The first kappa shape index (κ1) is 14.2. The van der Waals surface area contributed by atoms with E-state index in [1.165, 1.54) is 12.2 Å². The predicted octanol–water partition coefficient (Wildman–Crippen LogP) is 3.06. The minimum Gasteiger partial charge on any atom is -0.507 e. The Morgan fingerprint density at radius 3 is 2.90 bits per heavy atom. The molecular weight excluding hydrogens is 360 g/mol. The Kier molecular flexibility index (Phi) is 3.50. The van der Waals surface area contributed by atoms with Crippen molar-refractivity contribution in [1.29, 1.82) is 0 Å². The highest BCUT2D eigenvalue weighted by Gasteiger charge is 2.26. The predicted molar refractivity (Wildman–Crippen MR) is 82.7 cm³/mol. The second kappa shape index (κ2) is 5.19. The molecule has 0 saturated carbocycles. The van der Waals surface area contributed by atoms with Crippen LogP contribution in [0.3, 0.4) is 0 Å². The van der Waals surface area contributed by atoms with E-state index in [0.717, 1.165) is 0 Å². The van der Waals surface area contributed by atoms with E-state index in [4.69, 9.17) is 4.52 Å². The van der Waals surface area contributed by atoms with Gasteiger partial charge in [0.15, 0.2) is 11.4 Å². The van der Waals surface area contributed by atoms with E-state index in [2.05, 4.69) is 25.8 Å². The zero-order valence-electron chi connectivity index (χ0n) is 10.7. The molecule has 2 aromatic rings. The lowest BCUT2D eigenvalue weighted by atomic mass is 10.2. The van der Waals surface area contributed by atoms with Gasteiger partial charge in [0.25, 0.3) is 10.0 Å². The second-order valence-electron chi connectivity index (χ2n) is 4.50. The molecule has 1 aliphatic carbocycles. The van der Waals surface area contributed by atoms with Gasteiger partial charge in [-0.2, -0.15) is 0 Å². The second-order valence-corrected chi connectivity index (χ2v) is 7.33. The van der Waals surface area contributed by atoms with Crippen LogP contribution in [0.5, 0.6) is 0 Å². The Hall–Kier alpha value is -1.80. The average molecular weight is 371 g/mol. The summed E-state index contributed by atoms with van der Waals surface area (Å²) in [5, 5.41) is 14.1. The lowest BCUT2D eigenvalue weighted by molar-refractivity contribution is 0.423. The fraction of sp³-hybridized carbons (Fsp3) is 0.154. The average Bonchev–Trinajstić information content (AvgIpc) is 2.81. The number of allylic oxidation sites excluding steroid dienone is 2. The Bertz CT molecular complexity index is 854. The van der Waals surface area contributed by atoms with Crippen molar-refractivity contribution in [3.63, 3.8) is 0 Å². The zero-order valence-corrected chi connectivity index (χ0v) is 13.1. The smallest absolute Gasteiger partial charge is 0.266 e. The van der Waals surface area contributed by atoms with Gasteiger partial charge in [0, 0.05) is 4.83 Å². The molecule has 1 aliphatic rings. The number of halogens is 1. The molecule has 0 fully saturated rings. The van der Waals surface area contributed by atoms with Crippen LogP contribution in [0.4, 0.5) is 5.82 Å². The summed E-state index contributed by atoms with van der Waals surface area (Å²) in [4.78, 5) is -0.241. The number of nitrogens with one attached hydrogen (secondary N) is 1. The van der Waals surface area contributed by atoms with Crippen molar-refractivity contribution in [1.82, 2.24) is 5.16 Å². The lowest BCUT2D eigenvalue weighted by Gasteiger charge is -2.15. The highest BCUT2D eigenvalue weighted by molar-refractivity contribution is 9.09. The molecule has 6 nitrogen and oxygen atoms in total. The molecule has 0 saturated heterocycles. The van der Waals surface area contributed by atoms with Crippen molar-refractivity contribution in [2.45, 2.75) is 11.2 Å². The molecule has 1 heterocycles. The van der Waals surface area contributed by atoms with Crippen molar-refractivity contribution >= 4 is 42.7 Å². The third-order valence-electron chi connectivity index (χ3n) is 3.02. The molecule has 0 radical (unpaired) electrons. The van der Waals surface area contributed by atoms with Crippen LogP contribution in [0, 0.1) is 0 Å². The summed E-state index contributed by atoms with van der Waals surface area (Å²) >= 11 is 3.29. The first-order valence-corrected chi connectivity index (χ1v) is 8.50. The molecule has 21 heavy (non-hydrogen) atoms. The Morgan fingerprint density at radius 2 is 2.14 bits per heavy atom. The Labute approximate surface area is 129 Å². The molecule has 0 amide bonds. The maximum Gasteiger partial charge on any atom is 0.266 e. The number of aromatic nitrogens is 1. The molecule has 1 aromatic heterocycles. The van der Waals surface area contributed by atoms with E-state index < -0.39 is 10.0 Å². The summed E-state index contributed by atoms with van der Waals surface area (Å²) in [6.45, 7) is 0. The highest BCUT2D eigenvalue weighted by Crippen LogP contribution is 2.29. The van der Waals surface area contributed by atoms with Gasteiger partial charge in [-0.15, -0.1) is 0 Å². The molecule has 0 spiro atoms. The van der Waals surface area contributed by atoms with Gasteiger partial charge in [0.1, 0.15) is 10.7 Å². The van der Waals surface area contributed by atoms with Gasteiger partial charge in [0.05, 0.1) is 5.39 Å². The molecule has 1 atom stereocenters. The normalized spacial score (nSPS) is 19.2. The summed E-state index contributed by atoms with van der Waals surface area (Å²) in [6, 6.07) is 6.90. The van der Waals surface area contributed by atoms with Gasteiger partial charge in [-0.3, -0.25) is 4.72 Å². The number of hydrogen-bond acceptors (Lipinski definition) is 5. The van der Waals surface area contributed by atoms with Gasteiger partial charge in [-0.25, -0.2) is 8.42 Å². The van der Waals surface area contributed by atoms with Gasteiger partial charge >= 0.3 is 0 Å². The van der Waals surface area contributed by atoms with E-state index in [1.54, 1.807) is 24.3 Å². The largest absolute Gasteiger partial charge is 0.507 e. The van der Waals surface area contributed by atoms with Gasteiger partial charge in [0.2, 0.25) is 0 Å². The van der Waals surface area contributed by atoms with Crippen LogP contribution in [0.1, 0.15) is 6.42 Å². The number of nitrogens with zero attached hydrogens (tertiary/aromatic N) is 1. The quantitative estimate of drug-likeness (QED) is 0.809. The molecule has 1 aromatic carbocycles. The third kappa shape index (κ3) is 2.68. The molecule has 110 valence electrons. The summed E-state index contributed by atoms with van der Waals surface area (Å²) in [7, 11) is -3.92. The molecule has 0 bridgehead atoms. The summed E-state index contributed by atoms with van der Waals surface area (Å²) in [5.41, 5.74) is 0.480. The molecule has 1 unspecified atom stereocenters. The minimum absolute atomic E-state index is 0.0793. The maximum absolute atomic E-state index is 12.3. The standard InChI is InChI=1S/C13H11BrN2O4S/c14-8-5-6-12(10(17)7-8)21(18,19)16-13-9-3-1-2-4-11(9)20-15-13/h1-4,6-8,17H,5H2,(H,15,16). The van der Waals surface area contributed by atoms with E-state index in [-0.39, 0.29) is 21.3 Å². The first-order valence-electron chi connectivity index (χ1n) is 6.10. The van der Waals surface area contributed by atoms with E-state index in [1.807, 2.05) is 0 Å². The summed E-state index contributed by atoms with van der Waals surface area (Å²) < 4.78 is 32.1. The number of hydrogen-bond donors (Lipinski definition) is 2. The lowest BCUT2D eigenvalue weighted by Crippen LogP contribution is -2.19. The van der Waals surface area contributed by atoms with Gasteiger partial charge < -0.3 is 9.63 Å². The Morgan fingerprint density at radius 1 is 1.38 bits per heavy atom. The first-order chi connectivity index (χ1) is 9.97. The number of rotatable bonds is 3. The number of fused-ring (bicyclic) bond motifs is 1. The van der Waals surface area contributed by atoms with Gasteiger partial charge in [-0.05, 0) is 24.6 Å². The topological polar surface area (TPSA) is 92.4 Å². The zero-order chi connectivity index (χ0) is 15.0. The van der Waals surface area contributed by atoms with E-state index in [0.29, 0.717) is 17.4 Å². The van der Waals surface area contributed by atoms with Crippen LogP contribution in [0.25, 0.3) is 11.0 Å². The van der Waals surface area contributed by atoms with Crippen LogP contribution >= 0.6 is 15.9 Å². The molecule has 3 rings (SSSR count). The van der Waals surface area contributed by atoms with Crippen LogP contribution in [0.2, 0.25) is 0 Å². The van der Waals surface area contributed by atoms with E-state index in [9.17, 15) is 13.5 Å². The number of aliphatic hydroxyl groups is 1. The van der Waals surface area contributed by atoms with Crippen molar-refractivity contribution in [2.24, 2.45) is 0 Å². The SMILES string of the molecule is O=S(=O)(Nc1noc2ccccc12)C1=CCC(Br)C=C1O. The number of anilines is 1.